The van der Waals surface area contributed by atoms with Gasteiger partial charge in [-0.1, -0.05) is 48.0 Å². The second-order valence-electron chi connectivity index (χ2n) is 6.84. The molecule has 3 rings (SSSR count). The zero-order chi connectivity index (χ0) is 17.6. The average molecular weight is 360 g/mol. The van der Waals surface area contributed by atoms with Gasteiger partial charge < -0.3 is 9.84 Å². The zero-order valence-corrected chi connectivity index (χ0v) is 15.5. The molecule has 0 saturated heterocycles. The Morgan fingerprint density at radius 2 is 1.96 bits per heavy atom. The Hall–Kier alpha value is -1.39. The van der Waals surface area contributed by atoms with Crippen molar-refractivity contribution in [1.29, 1.82) is 0 Å². The number of aliphatic hydroxyl groups excluding tert-OH is 1. The minimum Gasteiger partial charge on any atom is -0.389 e. The summed E-state index contributed by atoms with van der Waals surface area (Å²) < 4.78 is 5.66. The number of hydrogen-bond donors (Lipinski definition) is 1. The van der Waals surface area contributed by atoms with Gasteiger partial charge >= 0.3 is 0 Å². The molecule has 2 aromatic carbocycles. The Kier molecular flexibility index (Phi) is 6.49. The van der Waals surface area contributed by atoms with Gasteiger partial charge in [0.1, 0.15) is 0 Å². The molecule has 0 saturated carbocycles. The van der Waals surface area contributed by atoms with E-state index in [0.717, 1.165) is 23.4 Å². The van der Waals surface area contributed by atoms with Crippen LogP contribution < -0.4 is 0 Å². The van der Waals surface area contributed by atoms with Crippen molar-refractivity contribution in [3.63, 3.8) is 0 Å². The van der Waals surface area contributed by atoms with Gasteiger partial charge in [-0.2, -0.15) is 0 Å². The SMILES string of the molecule is CN(C[C@H](O)COCc1ccc(Cl)cc1)[C@H]1CCCc2ccccc21. The lowest BCUT2D eigenvalue weighted by Crippen LogP contribution is -2.36. The summed E-state index contributed by atoms with van der Waals surface area (Å²) in [6.07, 6.45) is 3.01. The number of rotatable bonds is 7. The number of aliphatic hydroxyl groups is 1. The number of likely N-dealkylation sites (N-methyl/N-ethyl adjacent to an activating group) is 1. The summed E-state index contributed by atoms with van der Waals surface area (Å²) >= 11 is 5.88. The van der Waals surface area contributed by atoms with Crippen LogP contribution in [0.5, 0.6) is 0 Å². The summed E-state index contributed by atoms with van der Waals surface area (Å²) in [5.41, 5.74) is 3.91. The molecule has 1 aliphatic rings. The molecule has 134 valence electrons. The molecular formula is C21H26ClNO2. The Balaban J connectivity index is 1.48. The van der Waals surface area contributed by atoms with Crippen molar-refractivity contribution >= 4 is 11.6 Å². The van der Waals surface area contributed by atoms with Crippen molar-refractivity contribution in [1.82, 2.24) is 4.90 Å². The van der Waals surface area contributed by atoms with E-state index in [1.807, 2.05) is 24.3 Å². The lowest BCUT2D eigenvalue weighted by molar-refractivity contribution is 0.00617. The third-order valence-electron chi connectivity index (χ3n) is 4.86. The molecule has 1 aliphatic carbocycles. The van der Waals surface area contributed by atoms with E-state index < -0.39 is 6.10 Å². The van der Waals surface area contributed by atoms with Gasteiger partial charge in [-0.3, -0.25) is 4.90 Å². The van der Waals surface area contributed by atoms with Crippen LogP contribution >= 0.6 is 11.6 Å². The van der Waals surface area contributed by atoms with Crippen molar-refractivity contribution in [3.8, 4) is 0 Å². The molecule has 0 aliphatic heterocycles. The monoisotopic (exact) mass is 359 g/mol. The highest BCUT2D eigenvalue weighted by Crippen LogP contribution is 2.33. The Bertz CT molecular complexity index is 674. The first-order valence-electron chi connectivity index (χ1n) is 8.92. The topological polar surface area (TPSA) is 32.7 Å². The fourth-order valence-electron chi connectivity index (χ4n) is 3.59. The van der Waals surface area contributed by atoms with E-state index in [1.165, 1.54) is 17.5 Å². The third-order valence-corrected chi connectivity index (χ3v) is 5.11. The van der Waals surface area contributed by atoms with Crippen LogP contribution in [-0.2, 0) is 17.8 Å². The van der Waals surface area contributed by atoms with Crippen LogP contribution in [0, 0.1) is 0 Å². The minimum absolute atomic E-state index is 0.335. The molecule has 0 fully saturated rings. The maximum absolute atomic E-state index is 10.3. The van der Waals surface area contributed by atoms with Crippen molar-refractivity contribution in [2.45, 2.75) is 38.0 Å². The van der Waals surface area contributed by atoms with Crippen LogP contribution in [0.15, 0.2) is 48.5 Å². The van der Waals surface area contributed by atoms with Crippen molar-refractivity contribution in [2.75, 3.05) is 20.2 Å². The van der Waals surface area contributed by atoms with Crippen molar-refractivity contribution < 1.29 is 9.84 Å². The largest absolute Gasteiger partial charge is 0.389 e. The summed E-state index contributed by atoms with van der Waals surface area (Å²) in [5, 5.41) is 11.1. The lowest BCUT2D eigenvalue weighted by Gasteiger charge is -2.34. The van der Waals surface area contributed by atoms with Gasteiger partial charge in [0.15, 0.2) is 0 Å². The summed E-state index contributed by atoms with van der Waals surface area (Å²) in [4.78, 5) is 2.26. The number of aryl methyl sites for hydroxylation is 1. The molecule has 25 heavy (non-hydrogen) atoms. The number of nitrogens with zero attached hydrogens (tertiary/aromatic N) is 1. The average Bonchev–Trinajstić information content (AvgIpc) is 2.63. The first-order chi connectivity index (χ1) is 12.1. The van der Waals surface area contributed by atoms with Gasteiger partial charge in [-0.05, 0) is 55.1 Å². The molecule has 1 N–H and O–H groups in total. The summed E-state index contributed by atoms with van der Waals surface area (Å²) in [7, 11) is 2.09. The van der Waals surface area contributed by atoms with Crippen LogP contribution in [0.25, 0.3) is 0 Å². The predicted octanol–water partition coefficient (Wildman–Crippen LogP) is 4.23. The number of benzene rings is 2. The van der Waals surface area contributed by atoms with E-state index in [0.29, 0.717) is 25.8 Å². The minimum atomic E-state index is -0.494. The van der Waals surface area contributed by atoms with Gasteiger partial charge in [-0.25, -0.2) is 0 Å². The maximum Gasteiger partial charge on any atom is 0.0900 e. The van der Waals surface area contributed by atoms with E-state index in [2.05, 4.69) is 36.2 Å². The zero-order valence-electron chi connectivity index (χ0n) is 14.7. The van der Waals surface area contributed by atoms with E-state index in [1.54, 1.807) is 0 Å². The number of hydrogen-bond acceptors (Lipinski definition) is 3. The van der Waals surface area contributed by atoms with Crippen LogP contribution in [0.1, 0.15) is 35.6 Å². The van der Waals surface area contributed by atoms with Gasteiger partial charge in [0.2, 0.25) is 0 Å². The molecule has 4 heteroatoms. The smallest absolute Gasteiger partial charge is 0.0900 e. The molecular weight excluding hydrogens is 334 g/mol. The fourth-order valence-corrected chi connectivity index (χ4v) is 3.72. The Morgan fingerprint density at radius 3 is 2.76 bits per heavy atom. The lowest BCUT2D eigenvalue weighted by atomic mass is 9.87. The van der Waals surface area contributed by atoms with Gasteiger partial charge in [-0.15, -0.1) is 0 Å². The van der Waals surface area contributed by atoms with Crippen LogP contribution in [0.4, 0.5) is 0 Å². The highest BCUT2D eigenvalue weighted by Gasteiger charge is 2.24. The Morgan fingerprint density at radius 1 is 1.20 bits per heavy atom. The highest BCUT2D eigenvalue weighted by molar-refractivity contribution is 6.30. The third kappa shape index (κ3) is 5.05. The summed E-state index contributed by atoms with van der Waals surface area (Å²) in [6, 6.07) is 16.6. The highest BCUT2D eigenvalue weighted by atomic mass is 35.5. The first kappa shape index (κ1) is 18.4. The van der Waals surface area contributed by atoms with Gasteiger partial charge in [0, 0.05) is 17.6 Å². The molecule has 0 radical (unpaired) electrons. The normalized spacial score (nSPS) is 18.2. The summed E-state index contributed by atoms with van der Waals surface area (Å²) in [6.45, 7) is 1.44. The molecule has 0 amide bonds. The molecule has 2 aromatic rings. The Labute approximate surface area is 155 Å². The van der Waals surface area contributed by atoms with Crippen LogP contribution in [-0.4, -0.2) is 36.3 Å². The summed E-state index contributed by atoms with van der Waals surface area (Å²) in [5.74, 6) is 0. The molecule has 0 heterocycles. The van der Waals surface area contributed by atoms with Crippen LogP contribution in [0.2, 0.25) is 5.02 Å². The molecule has 2 atom stereocenters. The van der Waals surface area contributed by atoms with E-state index in [4.69, 9.17) is 16.3 Å². The standard InChI is InChI=1S/C21H26ClNO2/c1-23(21-8-4-6-17-5-2-3-7-20(17)21)13-19(24)15-25-14-16-9-11-18(22)12-10-16/h2-3,5,7,9-12,19,21,24H,4,6,8,13-15H2,1H3/t19-,21-/m0/s1. The molecule has 0 spiro atoms. The van der Waals surface area contributed by atoms with E-state index in [-0.39, 0.29) is 0 Å². The van der Waals surface area contributed by atoms with Crippen molar-refractivity contribution in [2.24, 2.45) is 0 Å². The predicted molar refractivity (Wildman–Crippen MR) is 102 cm³/mol. The number of fused-ring (bicyclic) bond motifs is 1. The molecule has 0 bridgehead atoms. The van der Waals surface area contributed by atoms with Crippen LogP contribution in [0.3, 0.4) is 0 Å². The fraction of sp³-hybridized carbons (Fsp3) is 0.429. The van der Waals surface area contributed by atoms with Crippen molar-refractivity contribution in [3.05, 3.63) is 70.2 Å². The maximum atomic E-state index is 10.3. The molecule has 3 nitrogen and oxygen atoms in total. The van der Waals surface area contributed by atoms with E-state index >= 15 is 0 Å². The number of halogens is 1. The molecule has 0 aromatic heterocycles. The van der Waals surface area contributed by atoms with Gasteiger partial charge in [0.25, 0.3) is 0 Å². The first-order valence-corrected chi connectivity index (χ1v) is 9.29. The second-order valence-corrected chi connectivity index (χ2v) is 7.28. The van der Waals surface area contributed by atoms with E-state index in [9.17, 15) is 5.11 Å². The molecule has 0 unspecified atom stereocenters. The quantitative estimate of drug-likeness (QED) is 0.803. The number of ether oxygens (including phenoxy) is 1. The van der Waals surface area contributed by atoms with Gasteiger partial charge in [0.05, 0.1) is 19.3 Å². The second kappa shape index (κ2) is 8.81.